The highest BCUT2D eigenvalue weighted by Gasteiger charge is 2.20. The van der Waals surface area contributed by atoms with Crippen molar-refractivity contribution in [2.24, 2.45) is 5.73 Å². The molecular weight excluding hydrogens is 1720 g/mol. The summed E-state index contributed by atoms with van der Waals surface area (Å²) in [7, 11) is -1.51. The maximum absolute atomic E-state index is 11.9. The van der Waals surface area contributed by atoms with Crippen molar-refractivity contribution in [3.05, 3.63) is 329 Å². The fourth-order valence-corrected chi connectivity index (χ4v) is 11.2. The lowest BCUT2D eigenvalue weighted by Crippen LogP contribution is -2.17. The Morgan fingerprint density at radius 3 is 1.16 bits per heavy atom. The van der Waals surface area contributed by atoms with E-state index in [1.54, 1.807) is 140 Å². The van der Waals surface area contributed by atoms with Crippen molar-refractivity contribution < 1.29 is 48.2 Å². The molecule has 38 heteroatoms. The molecule has 0 bridgehead atoms. The number of carbonyl (C=O) groups is 5. The van der Waals surface area contributed by atoms with Gasteiger partial charge in [-0.25, -0.2) is 49.3 Å². The van der Waals surface area contributed by atoms with E-state index in [1.807, 2.05) is 179 Å². The molecule has 0 atom stereocenters. The second-order valence-electron chi connectivity index (χ2n) is 30.4. The van der Waals surface area contributed by atoms with Gasteiger partial charge in [0.2, 0.25) is 11.6 Å². The molecule has 0 fully saturated rings. The molecule has 0 saturated carbocycles. The van der Waals surface area contributed by atoms with Crippen LogP contribution in [0, 0.1) is 113 Å². The number of imidazole rings is 7. The van der Waals surface area contributed by atoms with E-state index in [1.165, 1.54) is 11.7 Å². The summed E-state index contributed by atoms with van der Waals surface area (Å²) in [6.07, 6.45) is 45.5. The number of ether oxygens (including phenoxy) is 3. The number of primary amides is 1. The number of nitrogen functional groups attached to an aromatic ring is 1. The normalized spacial score (nSPS) is 10.1. The van der Waals surface area contributed by atoms with Crippen LogP contribution in [0.25, 0.3) is 39.8 Å². The highest BCUT2D eigenvalue weighted by Crippen LogP contribution is 2.18. The number of anilines is 1. The van der Waals surface area contributed by atoms with Crippen molar-refractivity contribution in [1.82, 2.24) is 107 Å². The average Bonchev–Trinajstić information content (AvgIpc) is 1.58. The quantitative estimate of drug-likeness (QED) is 0.0154. The van der Waals surface area contributed by atoms with Gasteiger partial charge >= 0.3 is 17.9 Å². The molecule has 0 unspecified atom stereocenters. The summed E-state index contributed by atoms with van der Waals surface area (Å²) in [4.78, 5) is 126. The fourth-order valence-electron chi connectivity index (χ4n) is 10.2. The van der Waals surface area contributed by atoms with Crippen LogP contribution in [0.5, 0.6) is 0 Å². The molecule has 36 nitrogen and oxygen atoms in total. The molecule has 0 aliphatic heterocycles. The summed E-state index contributed by atoms with van der Waals surface area (Å²) < 4.78 is 26.2. The SMILES string of the molecule is C#Cc1cn(-c2ccc(C)nc2)c(C(N)=O)n1.C#Cc1cn(-c2ccc(C)nc2)cn1.CCOC(=O)C[N+](=O)[O-].CCOC(=O)c1cn(-c2ccc(C)nc2)cn1.COC(=O)c1nc(C#C[Si](C)(C)C)cn1-c1ccc(C)nc1.Cc1ccc(-n2cnc(C#C[Si](C)(C)C)c2)cn1.Cc1ccc(-n2cnc(C=O)c2)cn1.Cc1ccc(-n2cnc(CO)c2)cn1.Cc1ccc(N)cn1. The lowest BCUT2D eigenvalue weighted by atomic mass is 10.3. The number of aromatic nitrogens is 22. The van der Waals surface area contributed by atoms with Crippen LogP contribution in [0.4, 0.5) is 5.69 Å². The van der Waals surface area contributed by atoms with Gasteiger partial charge in [0.25, 0.3) is 12.5 Å². The molecule has 15 heterocycles. The molecule has 0 spiro atoms. The van der Waals surface area contributed by atoms with Crippen molar-refractivity contribution in [3.8, 4) is 87.4 Å². The van der Waals surface area contributed by atoms with Crippen molar-refractivity contribution in [1.29, 1.82) is 0 Å². The highest BCUT2D eigenvalue weighted by atomic mass is 28.3. The number of rotatable bonds is 16. The van der Waals surface area contributed by atoms with Crippen LogP contribution < -0.4 is 11.5 Å². The van der Waals surface area contributed by atoms with Crippen LogP contribution in [-0.4, -0.2) is 190 Å². The fraction of sp³-hybridized carbons (Fsp3) is 0.221. The van der Waals surface area contributed by atoms with Crippen LogP contribution in [-0.2, 0) is 25.6 Å². The standard InChI is InChI=1S/C16H19N3O2Si.C14H17N3Si.C12H10N4O.C12H13N3O2.C11H9N3.C10H11N3O.C10H9N3O.C6H8N2.C4H7NO4/c1-12-6-7-14(10-17-12)19-11-13(8-9-22(3,4)5)18-15(19)16(20)21-2;1-12-5-6-14(9-15-12)17-10-13(16-11-17)7-8-18(2,3)4;1-3-9-7-16(12(15-9)11(13)17)10-5-4-8(2)14-6-10;1-3-17-12(16)11-7-15(8-14-11)10-5-4-9(2)13-6-10;1-3-10-7-14(8-13-10)11-5-4-9(2)12-6-11;2*1-8-2-3-10(4-11-8)13-5-9(6-14)12-7-13;1-5-2-3-6(7)4-8-5;1-2-9-4(6)3-5(7)8/h6-7,10-11H,1-5H3;5-6,9-11H,1-4H3;1,4-7H,2H3,(H2,13,17);4-8H,3H2,1-2H3;1,4-8H,2H3;2-5,7,14H,6H2,1H3;2-7H,1H3;2-4H,7H2,1H3;2-3H2,1H3. The van der Waals surface area contributed by atoms with E-state index in [0.717, 1.165) is 97.3 Å². The highest BCUT2D eigenvalue weighted by molar-refractivity contribution is 6.84. The molecule has 0 saturated heterocycles. The number of methoxy groups -OCH3 is 1. The van der Waals surface area contributed by atoms with Gasteiger partial charge in [-0.1, -0.05) is 51.1 Å². The van der Waals surface area contributed by atoms with Crippen molar-refractivity contribution in [2.45, 2.75) is 115 Å². The third kappa shape index (κ3) is 35.3. The van der Waals surface area contributed by atoms with Gasteiger partial charge in [0.15, 0.2) is 12.0 Å². The van der Waals surface area contributed by atoms with Crippen molar-refractivity contribution in [3.63, 3.8) is 0 Å². The van der Waals surface area contributed by atoms with E-state index < -0.39 is 51.4 Å². The first-order valence-corrected chi connectivity index (χ1v) is 47.8. The number of esters is 3. The third-order valence-corrected chi connectivity index (χ3v) is 18.7. The maximum Gasteiger partial charge on any atom is 0.378 e. The van der Waals surface area contributed by atoms with Crippen molar-refractivity contribution >= 4 is 51.9 Å². The minimum absolute atomic E-state index is 0.0354. The zero-order valence-electron chi connectivity index (χ0n) is 76.8. The number of aliphatic hydroxyl groups excluding tert-OH is 1. The molecule has 15 aromatic heterocycles. The number of nitro groups is 1. The first-order chi connectivity index (χ1) is 63.4. The number of pyridine rings is 8. The van der Waals surface area contributed by atoms with E-state index in [2.05, 4.69) is 154 Å². The number of hydrogen-bond donors (Lipinski definition) is 3. The summed E-state index contributed by atoms with van der Waals surface area (Å²) in [5.74, 6) is 9.01. The molecule has 15 rings (SSSR count). The predicted molar refractivity (Wildman–Crippen MR) is 508 cm³/mol. The van der Waals surface area contributed by atoms with Gasteiger partial charge < -0.3 is 53.6 Å². The molecule has 0 radical (unpaired) electrons. The summed E-state index contributed by atoms with van der Waals surface area (Å²) in [5, 5.41) is 18.4. The number of aryl methyl sites for hydroxylation is 8. The number of aliphatic hydroxyl groups is 1. The van der Waals surface area contributed by atoms with Crippen LogP contribution in [0.2, 0.25) is 39.3 Å². The summed E-state index contributed by atoms with van der Waals surface area (Å²) >= 11 is 0. The van der Waals surface area contributed by atoms with Crippen LogP contribution in [0.1, 0.15) is 130 Å². The monoisotopic (exact) mass is 1830 g/mol. The molecule has 0 aliphatic carbocycles. The number of carbonyl (C=O) groups excluding carboxylic acids is 5. The summed E-state index contributed by atoms with van der Waals surface area (Å²) in [6.45, 7) is 31.7. The van der Waals surface area contributed by atoms with Gasteiger partial charge in [0, 0.05) is 93.9 Å². The zero-order chi connectivity index (χ0) is 97.3. The lowest BCUT2D eigenvalue weighted by molar-refractivity contribution is -0.470. The number of aldehydes is 1. The second-order valence-corrected chi connectivity index (χ2v) is 39.9. The molecule has 15 aromatic rings. The van der Waals surface area contributed by atoms with Crippen LogP contribution in [0.3, 0.4) is 0 Å². The molecule has 0 aromatic carbocycles. The number of nitrogens with zero attached hydrogens (tertiary/aromatic N) is 23. The Hall–Kier alpha value is -16.9. The maximum atomic E-state index is 11.9. The minimum Gasteiger partial charge on any atom is -0.463 e. The summed E-state index contributed by atoms with van der Waals surface area (Å²) in [6, 6.07) is 30.6. The molecule has 0 aliphatic rings. The molecule has 5 N–H and O–H groups in total. The van der Waals surface area contributed by atoms with Gasteiger partial charge in [-0.2, -0.15) is 0 Å². The molecule has 133 heavy (non-hydrogen) atoms. The van der Waals surface area contributed by atoms with Gasteiger partial charge in [0.1, 0.15) is 69.9 Å². The smallest absolute Gasteiger partial charge is 0.378 e. The predicted octanol–water partition coefficient (Wildman–Crippen LogP) is 12.6. The van der Waals surface area contributed by atoms with Crippen molar-refractivity contribution in [2.75, 3.05) is 32.6 Å². The van der Waals surface area contributed by atoms with Gasteiger partial charge in [-0.05, 0) is 178 Å². The Kier molecular flexibility index (Phi) is 39.7. The Morgan fingerprint density at radius 2 is 0.805 bits per heavy atom. The topological polar surface area (TPSA) is 456 Å². The minimum atomic E-state index is -1.51. The number of amides is 1. The Balaban J connectivity index is 0.000000207. The number of hydrogen-bond acceptors (Lipinski definition) is 27. The first-order valence-electron chi connectivity index (χ1n) is 40.8. The Labute approximate surface area is 772 Å². The Bertz CT molecular complexity index is 6510. The van der Waals surface area contributed by atoms with Crippen LogP contribution in [0.15, 0.2) is 222 Å². The first kappa shape index (κ1) is 103. The number of nitrogens with two attached hydrogens (primary N) is 2. The number of terminal acetylenes is 2. The average molecular weight is 1830 g/mol. The van der Waals surface area contributed by atoms with Gasteiger partial charge in [-0.15, -0.1) is 23.9 Å². The van der Waals surface area contributed by atoms with E-state index in [9.17, 15) is 34.1 Å². The molecule has 682 valence electrons. The molecular formula is C95H103N25O11Si2. The molecule has 1 amide bonds. The van der Waals surface area contributed by atoms with Gasteiger partial charge in [0.05, 0.1) is 134 Å². The second kappa shape index (κ2) is 51.2. The Morgan fingerprint density at radius 1 is 0.444 bits per heavy atom. The zero-order valence-corrected chi connectivity index (χ0v) is 78.8. The van der Waals surface area contributed by atoms with E-state index in [-0.39, 0.29) is 24.9 Å². The van der Waals surface area contributed by atoms with Crippen LogP contribution >= 0.6 is 0 Å². The van der Waals surface area contributed by atoms with E-state index >= 15 is 0 Å². The van der Waals surface area contributed by atoms with E-state index in [0.29, 0.717) is 46.5 Å². The largest absolute Gasteiger partial charge is 0.463 e. The third-order valence-electron chi connectivity index (χ3n) is 17.0. The van der Waals surface area contributed by atoms with Gasteiger partial charge in [-0.3, -0.25) is 68.7 Å². The lowest BCUT2D eigenvalue weighted by Gasteiger charge is -2.05. The van der Waals surface area contributed by atoms with E-state index in [4.69, 9.17) is 38.9 Å². The summed E-state index contributed by atoms with van der Waals surface area (Å²) in [5.41, 5.74) is 35.4.